The predicted molar refractivity (Wildman–Crippen MR) is 117 cm³/mol. The molecule has 0 aliphatic carbocycles. The molecular weight excluding hydrogens is 362 g/mol. The maximum absolute atomic E-state index is 12.7. The molecule has 1 aromatic carbocycles. The molecular formula is C23H31N5O. The summed E-state index contributed by atoms with van der Waals surface area (Å²) in [4.78, 5) is 19.3. The Kier molecular flexibility index (Phi) is 5.97. The fourth-order valence-electron chi connectivity index (χ4n) is 4.38. The number of aryl methyl sites for hydroxylation is 1. The molecule has 0 spiro atoms. The highest BCUT2D eigenvalue weighted by Gasteiger charge is 2.25. The van der Waals surface area contributed by atoms with Crippen molar-refractivity contribution >= 4 is 17.5 Å². The fourth-order valence-corrected chi connectivity index (χ4v) is 4.38. The van der Waals surface area contributed by atoms with Gasteiger partial charge in [-0.2, -0.15) is 0 Å². The molecule has 4 rings (SSSR count). The molecule has 0 bridgehead atoms. The molecule has 2 saturated heterocycles. The summed E-state index contributed by atoms with van der Waals surface area (Å²) in [6.07, 6.45) is 4.94. The summed E-state index contributed by atoms with van der Waals surface area (Å²) >= 11 is 0. The zero-order valence-corrected chi connectivity index (χ0v) is 17.5. The van der Waals surface area contributed by atoms with E-state index in [0.717, 1.165) is 43.3 Å². The van der Waals surface area contributed by atoms with E-state index in [1.54, 1.807) is 0 Å². The van der Waals surface area contributed by atoms with E-state index in [1.807, 2.05) is 36.1 Å². The van der Waals surface area contributed by atoms with Crippen molar-refractivity contribution in [1.82, 2.24) is 15.1 Å². The first-order chi connectivity index (χ1) is 14.2. The standard InChI is InChI=1S/C23H31N5O/c1-3-20-6-4-5-13-28(20)22-12-11-21(24-25-22)26-14-16-27(17-15-26)23(29)19-9-7-18(2)8-10-19/h7-12,20H,3-6,13-17H2,1-2H3. The minimum Gasteiger partial charge on any atom is -0.352 e. The van der Waals surface area contributed by atoms with Gasteiger partial charge in [-0.05, 0) is 56.9 Å². The summed E-state index contributed by atoms with van der Waals surface area (Å²) in [6.45, 7) is 8.35. The largest absolute Gasteiger partial charge is 0.352 e. The predicted octanol–water partition coefficient (Wildman–Crippen LogP) is 3.52. The van der Waals surface area contributed by atoms with Crippen molar-refractivity contribution in [3.05, 3.63) is 47.5 Å². The number of piperazine rings is 1. The number of anilines is 2. The Morgan fingerprint density at radius 3 is 2.28 bits per heavy atom. The molecule has 2 aromatic rings. The van der Waals surface area contributed by atoms with E-state index in [2.05, 4.69) is 39.1 Å². The van der Waals surface area contributed by atoms with Gasteiger partial charge in [0.1, 0.15) is 0 Å². The average molecular weight is 394 g/mol. The second-order valence-corrected chi connectivity index (χ2v) is 8.15. The number of aromatic nitrogens is 2. The molecule has 2 fully saturated rings. The molecule has 29 heavy (non-hydrogen) atoms. The van der Waals surface area contributed by atoms with Gasteiger partial charge in [-0.25, -0.2) is 0 Å². The first-order valence-electron chi connectivity index (χ1n) is 10.9. The van der Waals surface area contributed by atoms with Crippen LogP contribution in [0, 0.1) is 6.92 Å². The van der Waals surface area contributed by atoms with Crippen molar-refractivity contribution < 1.29 is 4.79 Å². The van der Waals surface area contributed by atoms with E-state index in [9.17, 15) is 4.79 Å². The maximum Gasteiger partial charge on any atom is 0.253 e. The highest BCUT2D eigenvalue weighted by Crippen LogP contribution is 2.25. The third-order valence-electron chi connectivity index (χ3n) is 6.22. The van der Waals surface area contributed by atoms with Crippen LogP contribution in [-0.2, 0) is 0 Å². The molecule has 6 heteroatoms. The third kappa shape index (κ3) is 4.36. The summed E-state index contributed by atoms with van der Waals surface area (Å²) in [5.74, 6) is 2.01. The lowest BCUT2D eigenvalue weighted by Crippen LogP contribution is -2.49. The summed E-state index contributed by atoms with van der Waals surface area (Å²) in [5.41, 5.74) is 1.93. The molecule has 6 nitrogen and oxygen atoms in total. The topological polar surface area (TPSA) is 52.6 Å². The van der Waals surface area contributed by atoms with E-state index in [-0.39, 0.29) is 5.91 Å². The van der Waals surface area contributed by atoms with E-state index < -0.39 is 0 Å². The SMILES string of the molecule is CCC1CCCCN1c1ccc(N2CCN(C(=O)c3ccc(C)cc3)CC2)nn1. The average Bonchev–Trinajstić information content (AvgIpc) is 2.79. The van der Waals surface area contributed by atoms with Crippen LogP contribution in [0.5, 0.6) is 0 Å². The molecule has 1 aromatic heterocycles. The number of hydrogen-bond donors (Lipinski definition) is 0. The minimum atomic E-state index is 0.113. The van der Waals surface area contributed by atoms with Gasteiger partial charge < -0.3 is 14.7 Å². The highest BCUT2D eigenvalue weighted by molar-refractivity contribution is 5.94. The van der Waals surface area contributed by atoms with Crippen molar-refractivity contribution in [2.45, 2.75) is 45.6 Å². The lowest BCUT2D eigenvalue weighted by Gasteiger charge is -2.37. The van der Waals surface area contributed by atoms with E-state index in [0.29, 0.717) is 19.1 Å². The van der Waals surface area contributed by atoms with Crippen LogP contribution in [0.15, 0.2) is 36.4 Å². The molecule has 1 amide bonds. The Bertz CT molecular complexity index is 812. The number of nitrogens with zero attached hydrogens (tertiary/aromatic N) is 5. The molecule has 3 heterocycles. The van der Waals surface area contributed by atoms with Crippen LogP contribution >= 0.6 is 0 Å². The first-order valence-corrected chi connectivity index (χ1v) is 10.9. The smallest absolute Gasteiger partial charge is 0.253 e. The van der Waals surface area contributed by atoms with Crippen LogP contribution in [0.1, 0.15) is 48.5 Å². The summed E-state index contributed by atoms with van der Waals surface area (Å²) in [5, 5.41) is 9.05. The number of piperidine rings is 1. The number of rotatable bonds is 4. The number of carbonyl (C=O) groups excluding carboxylic acids is 1. The Morgan fingerprint density at radius 1 is 0.931 bits per heavy atom. The molecule has 0 radical (unpaired) electrons. The van der Waals surface area contributed by atoms with Gasteiger partial charge in [0.25, 0.3) is 5.91 Å². The van der Waals surface area contributed by atoms with Gasteiger partial charge >= 0.3 is 0 Å². The van der Waals surface area contributed by atoms with E-state index in [1.165, 1.54) is 24.8 Å². The lowest BCUT2D eigenvalue weighted by molar-refractivity contribution is 0.0746. The zero-order chi connectivity index (χ0) is 20.2. The number of amides is 1. The van der Waals surface area contributed by atoms with Crippen LogP contribution in [0.2, 0.25) is 0 Å². The van der Waals surface area contributed by atoms with Gasteiger partial charge in [0.05, 0.1) is 0 Å². The molecule has 0 saturated carbocycles. The van der Waals surface area contributed by atoms with Gasteiger partial charge in [-0.1, -0.05) is 24.6 Å². The number of carbonyl (C=O) groups is 1. The van der Waals surface area contributed by atoms with Crippen LogP contribution < -0.4 is 9.80 Å². The highest BCUT2D eigenvalue weighted by atomic mass is 16.2. The zero-order valence-electron chi connectivity index (χ0n) is 17.5. The quantitative estimate of drug-likeness (QED) is 0.796. The molecule has 154 valence electrons. The summed E-state index contributed by atoms with van der Waals surface area (Å²) in [6, 6.07) is 12.6. The summed E-state index contributed by atoms with van der Waals surface area (Å²) in [7, 11) is 0. The lowest BCUT2D eigenvalue weighted by atomic mass is 10.0. The molecule has 0 N–H and O–H groups in total. The van der Waals surface area contributed by atoms with Crippen molar-refractivity contribution in [3.8, 4) is 0 Å². The Labute approximate surface area is 173 Å². The molecule has 1 unspecified atom stereocenters. The number of benzene rings is 1. The Hall–Kier alpha value is -2.63. The molecule has 2 aliphatic rings. The molecule has 1 atom stereocenters. The van der Waals surface area contributed by atoms with Crippen LogP contribution in [0.3, 0.4) is 0 Å². The van der Waals surface area contributed by atoms with Crippen molar-refractivity contribution in [2.24, 2.45) is 0 Å². The van der Waals surface area contributed by atoms with Gasteiger partial charge in [0.2, 0.25) is 0 Å². The van der Waals surface area contributed by atoms with E-state index >= 15 is 0 Å². The van der Waals surface area contributed by atoms with Gasteiger partial charge in [0, 0.05) is 44.3 Å². The molecule has 2 aliphatic heterocycles. The fraction of sp³-hybridized carbons (Fsp3) is 0.522. The normalized spacial score (nSPS) is 20.1. The van der Waals surface area contributed by atoms with Gasteiger partial charge in [-0.3, -0.25) is 4.79 Å². The Balaban J connectivity index is 1.36. The third-order valence-corrected chi connectivity index (χ3v) is 6.22. The van der Waals surface area contributed by atoms with Crippen molar-refractivity contribution in [3.63, 3.8) is 0 Å². The van der Waals surface area contributed by atoms with Crippen molar-refractivity contribution in [2.75, 3.05) is 42.5 Å². The minimum absolute atomic E-state index is 0.113. The number of hydrogen-bond acceptors (Lipinski definition) is 5. The van der Waals surface area contributed by atoms with Gasteiger partial charge in [-0.15, -0.1) is 10.2 Å². The van der Waals surface area contributed by atoms with Crippen LogP contribution in [0.4, 0.5) is 11.6 Å². The summed E-state index contributed by atoms with van der Waals surface area (Å²) < 4.78 is 0. The van der Waals surface area contributed by atoms with Crippen LogP contribution in [-0.4, -0.2) is 59.8 Å². The monoisotopic (exact) mass is 393 g/mol. The van der Waals surface area contributed by atoms with Gasteiger partial charge in [0.15, 0.2) is 11.6 Å². The second-order valence-electron chi connectivity index (χ2n) is 8.15. The second kappa shape index (κ2) is 8.80. The van der Waals surface area contributed by atoms with Crippen LogP contribution in [0.25, 0.3) is 0 Å². The van der Waals surface area contributed by atoms with E-state index in [4.69, 9.17) is 0 Å². The maximum atomic E-state index is 12.7. The van der Waals surface area contributed by atoms with Crippen molar-refractivity contribution in [1.29, 1.82) is 0 Å². The Morgan fingerprint density at radius 2 is 1.62 bits per heavy atom. The first kappa shape index (κ1) is 19.7.